The van der Waals surface area contributed by atoms with Crippen LogP contribution in [0.5, 0.6) is 5.75 Å². The van der Waals surface area contributed by atoms with Crippen molar-refractivity contribution in [2.24, 2.45) is 0 Å². The number of hydrogen-bond acceptors (Lipinski definition) is 3. The number of aryl methyl sites for hydroxylation is 1. The fourth-order valence-electron chi connectivity index (χ4n) is 3.95. The van der Waals surface area contributed by atoms with Crippen LogP contribution >= 0.6 is 11.8 Å². The van der Waals surface area contributed by atoms with E-state index >= 15 is 0 Å². The third kappa shape index (κ3) is 8.36. The van der Waals surface area contributed by atoms with Crippen LogP contribution in [0.1, 0.15) is 81.6 Å². The van der Waals surface area contributed by atoms with Gasteiger partial charge in [0.05, 0.1) is 6.10 Å². The highest BCUT2D eigenvalue weighted by Gasteiger charge is 2.10. The van der Waals surface area contributed by atoms with Crippen molar-refractivity contribution in [3.8, 4) is 16.9 Å². The fourth-order valence-corrected chi connectivity index (χ4v) is 4.69. The van der Waals surface area contributed by atoms with Gasteiger partial charge in [-0.2, -0.15) is 0 Å². The first kappa shape index (κ1) is 26.1. The summed E-state index contributed by atoms with van der Waals surface area (Å²) in [4.78, 5) is 13.7. The first-order valence-corrected chi connectivity index (χ1v) is 13.6. The van der Waals surface area contributed by atoms with E-state index in [-0.39, 0.29) is 11.2 Å². The van der Waals surface area contributed by atoms with E-state index in [1.54, 1.807) is 0 Å². The smallest absolute Gasteiger partial charge is 0.224 e. The van der Waals surface area contributed by atoms with Crippen LogP contribution in [0.4, 0.5) is 0 Å². The maximum absolute atomic E-state index is 12.7. The zero-order chi connectivity index (χ0) is 24.2. The summed E-state index contributed by atoms with van der Waals surface area (Å²) in [6.07, 6.45) is 9.89. The number of hydrogen-bond donors (Lipinski definition) is 0. The molecule has 3 heteroatoms. The molecule has 0 aliphatic carbocycles. The van der Waals surface area contributed by atoms with Gasteiger partial charge in [0.2, 0.25) is 5.12 Å². The SMILES string of the molecule is CCCCCCC(C)Oc1ccc(-c2ccc(C(=O)Sc3ccc(CCCC)cc3)cc2)cc1. The molecule has 0 aliphatic rings. The van der Waals surface area contributed by atoms with Crippen LogP contribution in [0.15, 0.2) is 77.7 Å². The molecule has 0 N–H and O–H groups in total. The molecule has 0 bridgehead atoms. The number of thioether (sulfide) groups is 1. The molecule has 0 radical (unpaired) electrons. The second-order valence-electron chi connectivity index (χ2n) is 9.02. The highest BCUT2D eigenvalue weighted by Crippen LogP contribution is 2.27. The van der Waals surface area contributed by atoms with Gasteiger partial charge < -0.3 is 4.74 Å². The van der Waals surface area contributed by atoms with Crippen molar-refractivity contribution in [2.75, 3.05) is 0 Å². The summed E-state index contributed by atoms with van der Waals surface area (Å²) in [6.45, 7) is 6.59. The maximum atomic E-state index is 12.7. The first-order valence-electron chi connectivity index (χ1n) is 12.8. The van der Waals surface area contributed by atoms with E-state index in [1.807, 2.05) is 36.4 Å². The van der Waals surface area contributed by atoms with Crippen LogP contribution in [0, 0.1) is 0 Å². The highest BCUT2D eigenvalue weighted by atomic mass is 32.2. The minimum absolute atomic E-state index is 0.0736. The summed E-state index contributed by atoms with van der Waals surface area (Å²) >= 11 is 1.29. The molecule has 0 spiro atoms. The average molecular weight is 475 g/mol. The molecule has 1 atom stereocenters. The van der Waals surface area contributed by atoms with Gasteiger partial charge in [-0.3, -0.25) is 4.79 Å². The summed E-state index contributed by atoms with van der Waals surface area (Å²) in [5.74, 6) is 0.913. The average Bonchev–Trinajstić information content (AvgIpc) is 2.87. The Morgan fingerprint density at radius 1 is 0.765 bits per heavy atom. The zero-order valence-corrected chi connectivity index (χ0v) is 21.7. The molecule has 0 heterocycles. The Balaban J connectivity index is 1.52. The third-order valence-electron chi connectivity index (χ3n) is 6.06. The van der Waals surface area contributed by atoms with Crippen LogP contribution in [0.2, 0.25) is 0 Å². The molecule has 180 valence electrons. The van der Waals surface area contributed by atoms with Crippen LogP contribution in [-0.4, -0.2) is 11.2 Å². The highest BCUT2D eigenvalue weighted by molar-refractivity contribution is 8.14. The lowest BCUT2D eigenvalue weighted by atomic mass is 10.0. The number of rotatable bonds is 13. The van der Waals surface area contributed by atoms with Crippen molar-refractivity contribution < 1.29 is 9.53 Å². The third-order valence-corrected chi connectivity index (χ3v) is 6.99. The Kier molecular flexibility index (Phi) is 10.8. The van der Waals surface area contributed by atoms with Gasteiger partial charge in [-0.1, -0.05) is 75.9 Å². The van der Waals surface area contributed by atoms with Crippen LogP contribution in [0.3, 0.4) is 0 Å². The summed E-state index contributed by atoms with van der Waals surface area (Å²) in [7, 11) is 0. The number of benzene rings is 3. The molecule has 3 aromatic carbocycles. The van der Waals surface area contributed by atoms with Crippen LogP contribution in [-0.2, 0) is 6.42 Å². The lowest BCUT2D eigenvalue weighted by molar-refractivity contribution is 0.108. The molecule has 2 nitrogen and oxygen atoms in total. The molecule has 0 aliphatic heterocycles. The quantitative estimate of drug-likeness (QED) is 0.182. The summed E-state index contributed by atoms with van der Waals surface area (Å²) < 4.78 is 6.07. The summed E-state index contributed by atoms with van der Waals surface area (Å²) in [5.41, 5.74) is 4.28. The van der Waals surface area contributed by atoms with E-state index in [0.29, 0.717) is 0 Å². The predicted molar refractivity (Wildman–Crippen MR) is 146 cm³/mol. The molecule has 0 fully saturated rings. The number of carbonyl (C=O) groups excluding carboxylic acids is 1. The number of carbonyl (C=O) groups is 1. The normalized spacial score (nSPS) is 11.9. The van der Waals surface area contributed by atoms with E-state index in [4.69, 9.17) is 4.74 Å². The first-order chi connectivity index (χ1) is 16.6. The Labute approximate surface area is 210 Å². The minimum atomic E-state index is 0.0736. The molecule has 1 unspecified atom stereocenters. The van der Waals surface area contributed by atoms with Crippen molar-refractivity contribution >= 4 is 16.9 Å². The van der Waals surface area contributed by atoms with E-state index in [9.17, 15) is 4.79 Å². The number of unbranched alkanes of at least 4 members (excludes halogenated alkanes) is 4. The lowest BCUT2D eigenvalue weighted by Crippen LogP contribution is -2.11. The maximum Gasteiger partial charge on any atom is 0.224 e. The van der Waals surface area contributed by atoms with Gasteiger partial charge in [-0.05, 0) is 97.5 Å². The second kappa shape index (κ2) is 14.0. The monoisotopic (exact) mass is 474 g/mol. The second-order valence-corrected chi connectivity index (χ2v) is 10.1. The van der Waals surface area contributed by atoms with Gasteiger partial charge in [-0.15, -0.1) is 0 Å². The van der Waals surface area contributed by atoms with E-state index in [2.05, 4.69) is 57.2 Å². The molecule has 34 heavy (non-hydrogen) atoms. The molecule has 0 saturated heterocycles. The van der Waals surface area contributed by atoms with E-state index < -0.39 is 0 Å². The molecule has 0 amide bonds. The summed E-state index contributed by atoms with van der Waals surface area (Å²) in [5, 5.41) is 0.0736. The van der Waals surface area contributed by atoms with Gasteiger partial charge in [0.25, 0.3) is 0 Å². The van der Waals surface area contributed by atoms with E-state index in [1.165, 1.54) is 55.9 Å². The Hall–Kier alpha value is -2.52. The van der Waals surface area contributed by atoms with Gasteiger partial charge in [-0.25, -0.2) is 0 Å². The molecular formula is C31H38O2S. The zero-order valence-electron chi connectivity index (χ0n) is 20.9. The predicted octanol–water partition coefficient (Wildman–Crippen LogP) is 9.37. The Bertz CT molecular complexity index is 991. The fraction of sp³-hybridized carbons (Fsp3) is 0.387. The van der Waals surface area contributed by atoms with Gasteiger partial charge in [0.1, 0.15) is 5.75 Å². The minimum Gasteiger partial charge on any atom is -0.491 e. The van der Waals surface area contributed by atoms with Crippen molar-refractivity contribution in [3.05, 3.63) is 83.9 Å². The van der Waals surface area contributed by atoms with Crippen molar-refractivity contribution in [3.63, 3.8) is 0 Å². The van der Waals surface area contributed by atoms with Gasteiger partial charge in [0.15, 0.2) is 0 Å². The van der Waals surface area contributed by atoms with E-state index in [0.717, 1.165) is 40.2 Å². The Morgan fingerprint density at radius 3 is 2.00 bits per heavy atom. The molecule has 0 aromatic heterocycles. The summed E-state index contributed by atoms with van der Waals surface area (Å²) in [6, 6.07) is 24.5. The van der Waals surface area contributed by atoms with Gasteiger partial charge in [0, 0.05) is 10.5 Å². The standard InChI is InChI=1S/C31H38O2S/c1-4-6-8-9-10-24(3)33-29-20-18-27(19-21-29)26-14-16-28(17-15-26)31(32)34-30-22-12-25(13-23-30)11-7-5-2/h12-24H,4-11H2,1-3H3. The lowest BCUT2D eigenvalue weighted by Gasteiger charge is -2.15. The van der Waals surface area contributed by atoms with Crippen molar-refractivity contribution in [2.45, 2.75) is 83.1 Å². The molecule has 3 rings (SSSR count). The largest absolute Gasteiger partial charge is 0.491 e. The van der Waals surface area contributed by atoms with Crippen LogP contribution < -0.4 is 4.74 Å². The van der Waals surface area contributed by atoms with Gasteiger partial charge >= 0.3 is 0 Å². The molecule has 3 aromatic rings. The Morgan fingerprint density at radius 2 is 1.38 bits per heavy atom. The van der Waals surface area contributed by atoms with Crippen molar-refractivity contribution in [1.82, 2.24) is 0 Å². The molecular weight excluding hydrogens is 436 g/mol. The molecule has 0 saturated carbocycles. The van der Waals surface area contributed by atoms with Crippen LogP contribution in [0.25, 0.3) is 11.1 Å². The topological polar surface area (TPSA) is 26.3 Å². The number of ether oxygens (including phenoxy) is 1. The van der Waals surface area contributed by atoms with Crippen molar-refractivity contribution in [1.29, 1.82) is 0 Å².